The van der Waals surface area contributed by atoms with Crippen LogP contribution in [0.3, 0.4) is 0 Å². The van der Waals surface area contributed by atoms with Gasteiger partial charge < -0.3 is 16.0 Å². The highest BCUT2D eigenvalue weighted by atomic mass is 15.3. The molecule has 0 amide bonds. The zero-order valence-corrected chi connectivity index (χ0v) is 14.4. The molecule has 3 N–H and O–H groups in total. The Morgan fingerprint density at radius 2 is 1.82 bits per heavy atom. The molecule has 0 aromatic rings. The molecule has 128 valence electrons. The molecule has 0 aliphatic carbocycles. The van der Waals surface area contributed by atoms with E-state index >= 15 is 0 Å². The van der Waals surface area contributed by atoms with E-state index in [0.717, 1.165) is 26.2 Å². The number of nitrogens with one attached hydrogen (secondary N) is 1. The molecule has 0 saturated carbocycles. The number of rotatable bonds is 7. The smallest absolute Gasteiger partial charge is 0.188 e. The number of hydrogen-bond acceptors (Lipinski definition) is 4. The van der Waals surface area contributed by atoms with Gasteiger partial charge in [-0.3, -0.25) is 14.8 Å². The van der Waals surface area contributed by atoms with Gasteiger partial charge in [0.15, 0.2) is 5.96 Å². The first-order valence-corrected chi connectivity index (χ1v) is 8.95. The van der Waals surface area contributed by atoms with Crippen molar-refractivity contribution >= 4 is 5.96 Å². The van der Waals surface area contributed by atoms with E-state index in [9.17, 15) is 0 Å². The summed E-state index contributed by atoms with van der Waals surface area (Å²) >= 11 is 0. The summed E-state index contributed by atoms with van der Waals surface area (Å²) in [4.78, 5) is 12.0. The zero-order valence-electron chi connectivity index (χ0n) is 14.4. The summed E-state index contributed by atoms with van der Waals surface area (Å²) in [6.07, 6.45) is 2.55. The van der Waals surface area contributed by atoms with Crippen molar-refractivity contribution in [3.8, 4) is 0 Å². The lowest BCUT2D eigenvalue weighted by Crippen LogP contribution is -2.48. The van der Waals surface area contributed by atoms with Crippen molar-refractivity contribution in [3.05, 3.63) is 0 Å². The van der Waals surface area contributed by atoms with Crippen LogP contribution in [0.1, 0.15) is 26.7 Å². The van der Waals surface area contributed by atoms with Crippen LogP contribution in [0.5, 0.6) is 0 Å². The SMILES string of the molecule is CCN1CCN(CCNC(N)=NCC2CCCN2CC)CC1. The number of guanidine groups is 1. The van der Waals surface area contributed by atoms with Crippen LogP contribution in [0, 0.1) is 0 Å². The summed E-state index contributed by atoms with van der Waals surface area (Å²) in [6.45, 7) is 15.5. The monoisotopic (exact) mass is 310 g/mol. The average molecular weight is 310 g/mol. The van der Waals surface area contributed by atoms with E-state index in [2.05, 4.69) is 38.9 Å². The first-order valence-electron chi connectivity index (χ1n) is 8.95. The third-order valence-corrected chi connectivity index (χ3v) is 5.02. The number of nitrogens with zero attached hydrogens (tertiary/aromatic N) is 4. The van der Waals surface area contributed by atoms with Crippen molar-refractivity contribution in [1.82, 2.24) is 20.0 Å². The van der Waals surface area contributed by atoms with E-state index in [0.29, 0.717) is 12.0 Å². The molecule has 0 aromatic heterocycles. The highest BCUT2D eigenvalue weighted by Gasteiger charge is 2.22. The Morgan fingerprint density at radius 3 is 2.50 bits per heavy atom. The molecule has 2 heterocycles. The van der Waals surface area contributed by atoms with Gasteiger partial charge in [-0.05, 0) is 32.5 Å². The summed E-state index contributed by atoms with van der Waals surface area (Å²) in [5.74, 6) is 0.607. The average Bonchev–Trinajstić information content (AvgIpc) is 3.01. The number of hydrogen-bond donors (Lipinski definition) is 2. The van der Waals surface area contributed by atoms with Crippen LogP contribution >= 0.6 is 0 Å². The van der Waals surface area contributed by atoms with Gasteiger partial charge in [-0.15, -0.1) is 0 Å². The standard InChI is InChI=1S/C16H34N6/c1-3-20-10-12-21(13-11-20)9-7-18-16(17)19-14-15-6-5-8-22(15)4-2/h15H,3-14H2,1-2H3,(H3,17,18,19). The number of likely N-dealkylation sites (tertiary alicyclic amines) is 1. The van der Waals surface area contributed by atoms with Crippen LogP contribution in [0.2, 0.25) is 0 Å². The van der Waals surface area contributed by atoms with Gasteiger partial charge in [-0.2, -0.15) is 0 Å². The maximum atomic E-state index is 5.99. The van der Waals surface area contributed by atoms with Gasteiger partial charge in [0.1, 0.15) is 0 Å². The van der Waals surface area contributed by atoms with Crippen LogP contribution in [0.4, 0.5) is 0 Å². The number of nitrogens with two attached hydrogens (primary N) is 1. The van der Waals surface area contributed by atoms with E-state index in [1.165, 1.54) is 52.1 Å². The van der Waals surface area contributed by atoms with Crippen molar-refractivity contribution in [3.63, 3.8) is 0 Å². The van der Waals surface area contributed by atoms with E-state index in [4.69, 9.17) is 5.73 Å². The van der Waals surface area contributed by atoms with Crippen molar-refractivity contribution < 1.29 is 0 Å². The van der Waals surface area contributed by atoms with Crippen LogP contribution in [0.15, 0.2) is 4.99 Å². The van der Waals surface area contributed by atoms with Crippen molar-refractivity contribution in [2.75, 3.05) is 65.4 Å². The molecule has 2 aliphatic heterocycles. The molecule has 1 unspecified atom stereocenters. The Bertz CT molecular complexity index is 338. The number of aliphatic imine (C=N–C) groups is 1. The lowest BCUT2D eigenvalue weighted by Gasteiger charge is -2.33. The maximum Gasteiger partial charge on any atom is 0.188 e. The van der Waals surface area contributed by atoms with Crippen LogP contribution < -0.4 is 11.1 Å². The fraction of sp³-hybridized carbons (Fsp3) is 0.938. The molecule has 0 aromatic carbocycles. The summed E-state index contributed by atoms with van der Waals surface area (Å²) in [7, 11) is 0. The summed E-state index contributed by atoms with van der Waals surface area (Å²) < 4.78 is 0. The van der Waals surface area contributed by atoms with E-state index in [1.54, 1.807) is 0 Å². The Morgan fingerprint density at radius 1 is 1.09 bits per heavy atom. The summed E-state index contributed by atoms with van der Waals surface area (Å²) in [6, 6.07) is 0.590. The van der Waals surface area contributed by atoms with Crippen LogP contribution in [0.25, 0.3) is 0 Å². The Balaban J connectivity index is 1.59. The molecule has 0 bridgehead atoms. The van der Waals surface area contributed by atoms with E-state index in [-0.39, 0.29) is 0 Å². The second-order valence-electron chi connectivity index (χ2n) is 6.35. The third kappa shape index (κ3) is 5.41. The molecular formula is C16H34N6. The van der Waals surface area contributed by atoms with E-state index in [1.807, 2.05) is 0 Å². The van der Waals surface area contributed by atoms with Gasteiger partial charge in [-0.25, -0.2) is 0 Å². The van der Waals surface area contributed by atoms with Gasteiger partial charge in [-0.1, -0.05) is 13.8 Å². The largest absolute Gasteiger partial charge is 0.370 e. The first-order chi connectivity index (χ1) is 10.7. The molecule has 22 heavy (non-hydrogen) atoms. The van der Waals surface area contributed by atoms with Crippen molar-refractivity contribution in [2.24, 2.45) is 10.7 Å². The normalized spacial score (nSPS) is 25.7. The second-order valence-corrected chi connectivity index (χ2v) is 6.35. The molecule has 1 atom stereocenters. The maximum absolute atomic E-state index is 5.99. The molecule has 0 spiro atoms. The second kappa shape index (κ2) is 9.33. The van der Waals surface area contributed by atoms with Gasteiger partial charge in [0.25, 0.3) is 0 Å². The molecule has 6 nitrogen and oxygen atoms in total. The quantitative estimate of drug-likeness (QED) is 0.512. The predicted molar refractivity (Wildman–Crippen MR) is 93.3 cm³/mol. The highest BCUT2D eigenvalue weighted by molar-refractivity contribution is 5.77. The number of piperazine rings is 1. The van der Waals surface area contributed by atoms with Gasteiger partial charge in [0.2, 0.25) is 0 Å². The van der Waals surface area contributed by atoms with E-state index < -0.39 is 0 Å². The van der Waals surface area contributed by atoms with Gasteiger partial charge in [0.05, 0.1) is 6.54 Å². The first kappa shape index (κ1) is 17.5. The zero-order chi connectivity index (χ0) is 15.8. The Hall–Kier alpha value is -0.850. The lowest BCUT2D eigenvalue weighted by atomic mass is 10.2. The molecule has 2 aliphatic rings. The molecule has 2 fully saturated rings. The fourth-order valence-corrected chi connectivity index (χ4v) is 3.45. The minimum Gasteiger partial charge on any atom is -0.370 e. The van der Waals surface area contributed by atoms with Crippen molar-refractivity contribution in [1.29, 1.82) is 0 Å². The van der Waals surface area contributed by atoms with Gasteiger partial charge >= 0.3 is 0 Å². The highest BCUT2D eigenvalue weighted by Crippen LogP contribution is 2.16. The van der Waals surface area contributed by atoms with Crippen LogP contribution in [-0.2, 0) is 0 Å². The summed E-state index contributed by atoms with van der Waals surface area (Å²) in [5.41, 5.74) is 5.99. The molecule has 2 rings (SSSR count). The lowest BCUT2D eigenvalue weighted by molar-refractivity contribution is 0.139. The molecule has 6 heteroatoms. The summed E-state index contributed by atoms with van der Waals surface area (Å²) in [5, 5.41) is 3.27. The van der Waals surface area contributed by atoms with Crippen LogP contribution in [-0.4, -0.2) is 92.1 Å². The Labute approximate surface area is 135 Å². The molecule has 2 saturated heterocycles. The molecular weight excluding hydrogens is 276 g/mol. The topological polar surface area (TPSA) is 60.1 Å². The minimum atomic E-state index is 0.590. The molecule has 0 radical (unpaired) electrons. The van der Waals surface area contributed by atoms with Gasteiger partial charge in [0, 0.05) is 45.3 Å². The number of likely N-dealkylation sites (N-methyl/N-ethyl adjacent to an activating group) is 2. The van der Waals surface area contributed by atoms with Crippen molar-refractivity contribution in [2.45, 2.75) is 32.7 Å². The Kier molecular flexibility index (Phi) is 7.42. The minimum absolute atomic E-state index is 0.590. The third-order valence-electron chi connectivity index (χ3n) is 5.02. The predicted octanol–water partition coefficient (Wildman–Crippen LogP) is 0.0125. The fourth-order valence-electron chi connectivity index (χ4n) is 3.45.